The minimum atomic E-state index is -0.873. The van der Waals surface area contributed by atoms with Gasteiger partial charge in [0.1, 0.15) is 22.9 Å². The molecule has 0 atom stereocenters. The summed E-state index contributed by atoms with van der Waals surface area (Å²) in [5.41, 5.74) is 9.67. The average molecular weight is 447 g/mol. The van der Waals surface area contributed by atoms with Crippen molar-refractivity contribution in [2.45, 2.75) is 13.3 Å². The van der Waals surface area contributed by atoms with E-state index in [4.69, 9.17) is 10.7 Å². The molecule has 4 rings (SSSR count). The van der Waals surface area contributed by atoms with Gasteiger partial charge in [0.05, 0.1) is 16.7 Å². The van der Waals surface area contributed by atoms with Crippen LogP contribution in [-0.2, 0) is 0 Å². The zero-order valence-corrected chi connectivity index (χ0v) is 18.1. The van der Waals surface area contributed by atoms with Crippen molar-refractivity contribution in [1.82, 2.24) is 14.9 Å². The first kappa shape index (κ1) is 22.1. The minimum Gasteiger partial charge on any atom is -0.400 e. The number of carbonyl (C=O) groups is 1. The number of rotatable bonds is 5. The van der Waals surface area contributed by atoms with Gasteiger partial charge in [-0.2, -0.15) is 0 Å². The number of para-hydroxylation sites is 2. The minimum absolute atomic E-state index is 0.195. The zero-order valence-electron chi connectivity index (χ0n) is 18.1. The maximum Gasteiger partial charge on any atom is 0.260 e. The van der Waals surface area contributed by atoms with Gasteiger partial charge in [0.2, 0.25) is 0 Å². The summed E-state index contributed by atoms with van der Waals surface area (Å²) in [4.78, 5) is 26.6. The fourth-order valence-corrected chi connectivity index (χ4v) is 3.71. The number of nitrogens with zero attached hydrogens (tertiary/aromatic N) is 3. The summed E-state index contributed by atoms with van der Waals surface area (Å²) in [5, 5.41) is 0. The van der Waals surface area contributed by atoms with Gasteiger partial charge in [0, 0.05) is 18.8 Å². The van der Waals surface area contributed by atoms with Crippen molar-refractivity contribution < 1.29 is 13.6 Å². The third-order valence-corrected chi connectivity index (χ3v) is 5.41. The number of allylic oxidation sites excluding steroid dienone is 2. The maximum absolute atomic E-state index is 14.0. The quantitative estimate of drug-likeness (QED) is 0.561. The molecule has 0 spiro atoms. The average Bonchev–Trinajstić information content (AvgIpc) is 3.23. The third-order valence-electron chi connectivity index (χ3n) is 5.41. The molecule has 1 amide bonds. The largest absolute Gasteiger partial charge is 0.400 e. The second kappa shape index (κ2) is 9.20. The Bertz CT molecular complexity index is 1280. The van der Waals surface area contributed by atoms with Crippen molar-refractivity contribution in [2.75, 3.05) is 13.1 Å². The Labute approximate surface area is 189 Å². The molecule has 33 heavy (non-hydrogen) atoms. The summed E-state index contributed by atoms with van der Waals surface area (Å²) in [6, 6.07) is 11.0. The van der Waals surface area contributed by atoms with Gasteiger partial charge < -0.3 is 15.6 Å². The van der Waals surface area contributed by atoms with E-state index in [9.17, 15) is 13.6 Å². The fraction of sp³-hybridized carbons (Fsp3) is 0.160. The number of benzene rings is 2. The number of amides is 1. The van der Waals surface area contributed by atoms with E-state index in [2.05, 4.69) is 16.5 Å². The molecule has 2 heterocycles. The van der Waals surface area contributed by atoms with Gasteiger partial charge in [0.25, 0.3) is 5.91 Å². The first-order chi connectivity index (χ1) is 15.9. The molecule has 3 N–H and O–H groups in total. The van der Waals surface area contributed by atoms with Crippen LogP contribution < -0.4 is 5.73 Å². The van der Waals surface area contributed by atoms with Crippen molar-refractivity contribution >= 4 is 28.3 Å². The summed E-state index contributed by atoms with van der Waals surface area (Å²) in [6.45, 7) is 6.09. The van der Waals surface area contributed by atoms with Gasteiger partial charge in [-0.15, -0.1) is 0 Å². The summed E-state index contributed by atoms with van der Waals surface area (Å²) < 4.78 is 28.0. The van der Waals surface area contributed by atoms with Crippen molar-refractivity contribution in [3.63, 3.8) is 0 Å². The number of nitrogens with one attached hydrogen (secondary N) is 1. The molecule has 2 aromatic carbocycles. The molecule has 0 fully saturated rings. The van der Waals surface area contributed by atoms with E-state index in [-0.39, 0.29) is 13.1 Å². The second-order valence-corrected chi connectivity index (χ2v) is 7.66. The van der Waals surface area contributed by atoms with E-state index in [1.165, 1.54) is 11.0 Å². The molecule has 0 radical (unpaired) electrons. The lowest BCUT2D eigenvalue weighted by atomic mass is 10.0. The van der Waals surface area contributed by atoms with E-state index in [0.29, 0.717) is 29.4 Å². The number of aromatic amines is 1. The number of carbonyl (C=O) groups excluding carboxylic acids is 1. The van der Waals surface area contributed by atoms with Gasteiger partial charge in [-0.3, -0.25) is 4.79 Å². The molecule has 8 heteroatoms. The van der Waals surface area contributed by atoms with Crippen LogP contribution in [0.4, 0.5) is 8.78 Å². The summed E-state index contributed by atoms with van der Waals surface area (Å²) in [7, 11) is 0. The lowest BCUT2D eigenvalue weighted by Crippen LogP contribution is -2.36. The van der Waals surface area contributed by atoms with E-state index in [1.54, 1.807) is 13.0 Å². The van der Waals surface area contributed by atoms with Crippen molar-refractivity contribution in [1.29, 1.82) is 0 Å². The van der Waals surface area contributed by atoms with Crippen LogP contribution in [0.1, 0.15) is 29.5 Å². The molecule has 168 valence electrons. The Morgan fingerprint density at radius 3 is 2.55 bits per heavy atom. The molecular formula is C25H23F2N5O. The monoisotopic (exact) mass is 447 g/mol. The van der Waals surface area contributed by atoms with Gasteiger partial charge in [0.15, 0.2) is 5.82 Å². The van der Waals surface area contributed by atoms with Crippen LogP contribution in [-0.4, -0.2) is 39.6 Å². The third kappa shape index (κ3) is 4.45. The standard InChI is InChI=1S/C25H23F2N5O/c1-3-19(29-23(15(2)28)24-30-20-9-4-5-10-21(20)31-24)16-11-13-32(14-12-16)25(33)22-17(26)7-6-8-18(22)27/h3-11H,1,12-14,28H2,2H3,(H,30,31)/b23-15+,29-19?. The molecule has 1 aromatic heterocycles. The topological polar surface area (TPSA) is 87.4 Å². The van der Waals surface area contributed by atoms with E-state index in [0.717, 1.165) is 28.7 Å². The molecule has 6 nitrogen and oxygen atoms in total. The lowest BCUT2D eigenvalue weighted by Gasteiger charge is -2.27. The van der Waals surface area contributed by atoms with Crippen LogP contribution >= 0.6 is 0 Å². The number of hydrogen-bond donors (Lipinski definition) is 2. The van der Waals surface area contributed by atoms with Crippen molar-refractivity contribution in [3.8, 4) is 0 Å². The number of fused-ring (bicyclic) bond motifs is 1. The number of H-pyrrole nitrogens is 1. The summed E-state index contributed by atoms with van der Waals surface area (Å²) >= 11 is 0. The SMILES string of the molecule is C=CC(=N/C(=C(\C)N)c1nc2ccccc2[nH]1)C1=CCN(C(=O)c2c(F)cccc2F)CC1. The van der Waals surface area contributed by atoms with Gasteiger partial charge in [-0.25, -0.2) is 18.8 Å². The van der Waals surface area contributed by atoms with Crippen LogP contribution in [0.3, 0.4) is 0 Å². The fourth-order valence-electron chi connectivity index (χ4n) is 3.71. The lowest BCUT2D eigenvalue weighted by molar-refractivity contribution is 0.0760. The van der Waals surface area contributed by atoms with Gasteiger partial charge >= 0.3 is 0 Å². The van der Waals surface area contributed by atoms with Crippen LogP contribution in [0.2, 0.25) is 0 Å². The highest BCUT2D eigenvalue weighted by Crippen LogP contribution is 2.23. The molecule has 0 unspecified atom stereocenters. The number of aliphatic imine (C=N–C) groups is 1. The van der Waals surface area contributed by atoms with Gasteiger partial charge in [-0.1, -0.05) is 30.9 Å². The molecular weight excluding hydrogens is 424 g/mol. The number of aromatic nitrogens is 2. The highest BCUT2D eigenvalue weighted by Gasteiger charge is 2.25. The van der Waals surface area contributed by atoms with E-state index < -0.39 is 23.1 Å². The van der Waals surface area contributed by atoms with Gasteiger partial charge in [-0.05, 0) is 49.3 Å². The van der Waals surface area contributed by atoms with E-state index in [1.807, 2.05) is 30.3 Å². The van der Waals surface area contributed by atoms with E-state index >= 15 is 0 Å². The number of halogens is 2. The number of imidazole rings is 1. The number of nitrogens with two attached hydrogens (primary N) is 1. The molecule has 0 saturated heterocycles. The Balaban J connectivity index is 1.60. The zero-order chi connectivity index (χ0) is 23.5. The molecule has 0 saturated carbocycles. The second-order valence-electron chi connectivity index (χ2n) is 7.66. The Morgan fingerprint density at radius 1 is 1.21 bits per heavy atom. The Kier molecular flexibility index (Phi) is 6.17. The molecule has 1 aliphatic rings. The molecule has 1 aliphatic heterocycles. The predicted molar refractivity (Wildman–Crippen MR) is 125 cm³/mol. The van der Waals surface area contributed by atoms with Crippen LogP contribution in [0.25, 0.3) is 16.7 Å². The highest BCUT2D eigenvalue weighted by atomic mass is 19.1. The highest BCUT2D eigenvalue weighted by molar-refractivity contribution is 6.10. The van der Waals surface area contributed by atoms with Crippen molar-refractivity contribution in [2.24, 2.45) is 10.7 Å². The smallest absolute Gasteiger partial charge is 0.260 e. The number of hydrogen-bond acceptors (Lipinski definition) is 4. The molecule has 0 bridgehead atoms. The van der Waals surface area contributed by atoms with Crippen LogP contribution in [0.15, 0.2) is 77.5 Å². The van der Waals surface area contributed by atoms with Crippen LogP contribution in [0.5, 0.6) is 0 Å². The first-order valence-electron chi connectivity index (χ1n) is 10.4. The summed E-state index contributed by atoms with van der Waals surface area (Å²) in [6.07, 6.45) is 3.87. The normalized spacial score (nSPS) is 15.3. The predicted octanol–water partition coefficient (Wildman–Crippen LogP) is 4.59. The Morgan fingerprint density at radius 2 is 1.94 bits per heavy atom. The first-order valence-corrected chi connectivity index (χ1v) is 10.4. The molecule has 0 aliphatic carbocycles. The Hall–Kier alpha value is -4.07. The van der Waals surface area contributed by atoms with Crippen molar-refractivity contribution in [3.05, 3.63) is 95.5 Å². The van der Waals surface area contributed by atoms with Crippen LogP contribution in [0, 0.1) is 11.6 Å². The molecule has 3 aromatic rings. The summed E-state index contributed by atoms with van der Waals surface area (Å²) in [5.74, 6) is -1.89. The maximum atomic E-state index is 14.0.